The fraction of sp³-hybridized carbons (Fsp3) is 0.375. The molecule has 0 aromatic carbocycles. The van der Waals surface area contributed by atoms with E-state index in [0.29, 0.717) is 6.54 Å². The van der Waals surface area contributed by atoms with Crippen LogP contribution in [0.2, 0.25) is 5.02 Å². The van der Waals surface area contributed by atoms with Crippen LogP contribution in [0, 0.1) is 0 Å². The Morgan fingerprint density at radius 2 is 2.54 bits per heavy atom. The molecule has 72 valence electrons. The predicted molar refractivity (Wildman–Crippen MR) is 53.1 cm³/mol. The van der Waals surface area contributed by atoms with Crippen LogP contribution in [-0.4, -0.2) is 19.6 Å². The maximum atomic E-state index is 10.7. The molecule has 1 aromatic heterocycles. The van der Waals surface area contributed by atoms with Crippen molar-refractivity contribution in [2.45, 2.75) is 6.54 Å². The van der Waals surface area contributed by atoms with E-state index in [2.05, 4.69) is 10.1 Å². The zero-order valence-electron chi connectivity index (χ0n) is 7.17. The molecule has 0 spiro atoms. The molecule has 0 fully saturated rings. The summed E-state index contributed by atoms with van der Waals surface area (Å²) in [6, 6.07) is 1.87. The molecular formula is C8H10ClNO2S. The van der Waals surface area contributed by atoms with Gasteiger partial charge in [0.05, 0.1) is 18.7 Å². The third-order valence-corrected chi connectivity index (χ3v) is 2.70. The summed E-state index contributed by atoms with van der Waals surface area (Å²) in [4.78, 5) is 11.8. The molecule has 0 atom stereocenters. The largest absolute Gasteiger partial charge is 0.468 e. The maximum absolute atomic E-state index is 10.7. The number of nitrogens with one attached hydrogen (secondary N) is 1. The van der Waals surface area contributed by atoms with Crippen molar-refractivity contribution in [1.29, 1.82) is 0 Å². The molecule has 0 saturated heterocycles. The second kappa shape index (κ2) is 5.21. The summed E-state index contributed by atoms with van der Waals surface area (Å²) in [5.41, 5.74) is 0. The molecule has 0 radical (unpaired) electrons. The molecule has 13 heavy (non-hydrogen) atoms. The van der Waals surface area contributed by atoms with Gasteiger partial charge in [0.1, 0.15) is 0 Å². The van der Waals surface area contributed by atoms with E-state index >= 15 is 0 Å². The Hall–Kier alpha value is -0.580. The SMILES string of the molecule is COC(=O)CNCc1cc(Cl)cs1. The number of esters is 1. The number of carbonyl (C=O) groups excluding carboxylic acids is 1. The second-order valence-electron chi connectivity index (χ2n) is 2.41. The lowest BCUT2D eigenvalue weighted by molar-refractivity contribution is -0.139. The number of carbonyl (C=O) groups is 1. The maximum Gasteiger partial charge on any atom is 0.319 e. The normalized spacial score (nSPS) is 10.0. The van der Waals surface area contributed by atoms with E-state index < -0.39 is 0 Å². The van der Waals surface area contributed by atoms with Crippen molar-refractivity contribution in [1.82, 2.24) is 5.32 Å². The first-order valence-electron chi connectivity index (χ1n) is 3.73. The van der Waals surface area contributed by atoms with E-state index in [-0.39, 0.29) is 12.5 Å². The van der Waals surface area contributed by atoms with Crippen molar-refractivity contribution in [2.24, 2.45) is 0 Å². The molecule has 0 aliphatic heterocycles. The number of rotatable bonds is 4. The summed E-state index contributed by atoms with van der Waals surface area (Å²) in [5, 5.41) is 5.54. The molecule has 3 nitrogen and oxygen atoms in total. The monoisotopic (exact) mass is 219 g/mol. The van der Waals surface area contributed by atoms with Crippen LogP contribution in [0.3, 0.4) is 0 Å². The van der Waals surface area contributed by atoms with Crippen LogP contribution in [-0.2, 0) is 16.1 Å². The van der Waals surface area contributed by atoms with E-state index in [1.165, 1.54) is 7.11 Å². The van der Waals surface area contributed by atoms with Gasteiger partial charge in [0.15, 0.2) is 0 Å². The number of methoxy groups -OCH3 is 1. The van der Waals surface area contributed by atoms with E-state index in [9.17, 15) is 4.79 Å². The molecule has 0 saturated carbocycles. The molecule has 1 aromatic rings. The Balaban J connectivity index is 2.24. The van der Waals surface area contributed by atoms with Crippen LogP contribution in [0.4, 0.5) is 0 Å². The molecule has 0 unspecified atom stereocenters. The average molecular weight is 220 g/mol. The minimum Gasteiger partial charge on any atom is -0.468 e. The van der Waals surface area contributed by atoms with Gasteiger partial charge in [0.25, 0.3) is 0 Å². The van der Waals surface area contributed by atoms with Gasteiger partial charge < -0.3 is 10.1 Å². The smallest absolute Gasteiger partial charge is 0.319 e. The molecule has 0 aliphatic rings. The summed E-state index contributed by atoms with van der Waals surface area (Å²) in [7, 11) is 1.37. The molecule has 0 aliphatic carbocycles. The standard InChI is InChI=1S/C8H10ClNO2S/c1-12-8(11)4-10-3-7-2-6(9)5-13-7/h2,5,10H,3-4H2,1H3. The number of ether oxygens (including phenoxy) is 1. The van der Waals surface area contributed by atoms with Gasteiger partial charge in [-0.3, -0.25) is 4.79 Å². The van der Waals surface area contributed by atoms with E-state index in [1.54, 1.807) is 11.3 Å². The Morgan fingerprint density at radius 3 is 3.08 bits per heavy atom. The number of hydrogen-bond donors (Lipinski definition) is 1. The summed E-state index contributed by atoms with van der Waals surface area (Å²) in [5.74, 6) is -0.261. The first-order chi connectivity index (χ1) is 6.22. The first-order valence-corrected chi connectivity index (χ1v) is 4.98. The number of thiophene rings is 1. The van der Waals surface area contributed by atoms with Crippen LogP contribution in [0.25, 0.3) is 0 Å². The lowest BCUT2D eigenvalue weighted by Gasteiger charge is -2.00. The van der Waals surface area contributed by atoms with Gasteiger partial charge in [0.2, 0.25) is 0 Å². The van der Waals surface area contributed by atoms with E-state index in [4.69, 9.17) is 11.6 Å². The lowest BCUT2D eigenvalue weighted by Crippen LogP contribution is -2.22. The fourth-order valence-electron chi connectivity index (χ4n) is 0.806. The zero-order chi connectivity index (χ0) is 9.68. The zero-order valence-corrected chi connectivity index (χ0v) is 8.74. The van der Waals surface area contributed by atoms with Crippen molar-refractivity contribution in [3.05, 3.63) is 21.3 Å². The molecule has 5 heteroatoms. The quantitative estimate of drug-likeness (QED) is 0.783. The van der Waals surface area contributed by atoms with Crippen molar-refractivity contribution in [3.63, 3.8) is 0 Å². The van der Waals surface area contributed by atoms with Gasteiger partial charge in [-0.2, -0.15) is 0 Å². The molecule has 1 heterocycles. The number of halogens is 1. The molecule has 1 N–H and O–H groups in total. The van der Waals surface area contributed by atoms with Gasteiger partial charge in [-0.1, -0.05) is 11.6 Å². The predicted octanol–water partition coefficient (Wildman–Crippen LogP) is 1.66. The second-order valence-corrected chi connectivity index (χ2v) is 3.84. The van der Waals surface area contributed by atoms with Gasteiger partial charge in [-0.05, 0) is 6.07 Å². The van der Waals surface area contributed by atoms with E-state index in [1.807, 2.05) is 11.4 Å². The molecular weight excluding hydrogens is 210 g/mol. The third kappa shape index (κ3) is 3.76. The highest BCUT2D eigenvalue weighted by Crippen LogP contribution is 2.18. The highest BCUT2D eigenvalue weighted by atomic mass is 35.5. The first kappa shape index (κ1) is 10.5. The van der Waals surface area contributed by atoms with Crippen molar-refractivity contribution >= 4 is 28.9 Å². The van der Waals surface area contributed by atoms with Crippen molar-refractivity contribution < 1.29 is 9.53 Å². The minimum absolute atomic E-state index is 0.228. The van der Waals surface area contributed by atoms with E-state index in [0.717, 1.165) is 9.90 Å². The van der Waals surface area contributed by atoms with Gasteiger partial charge in [-0.25, -0.2) is 0 Å². The molecule has 0 amide bonds. The Labute approximate surface area is 85.7 Å². The van der Waals surface area contributed by atoms with Crippen LogP contribution >= 0.6 is 22.9 Å². The lowest BCUT2D eigenvalue weighted by atomic mass is 10.4. The summed E-state index contributed by atoms with van der Waals surface area (Å²) >= 11 is 7.28. The summed E-state index contributed by atoms with van der Waals surface area (Å²) < 4.78 is 4.47. The third-order valence-electron chi connectivity index (χ3n) is 1.42. The Kier molecular flexibility index (Phi) is 4.21. The summed E-state index contributed by atoms with van der Waals surface area (Å²) in [6.07, 6.45) is 0. The van der Waals surface area contributed by atoms with Crippen LogP contribution in [0.5, 0.6) is 0 Å². The average Bonchev–Trinajstić information content (AvgIpc) is 2.51. The topological polar surface area (TPSA) is 38.3 Å². The Morgan fingerprint density at radius 1 is 1.77 bits per heavy atom. The fourth-order valence-corrected chi connectivity index (χ4v) is 1.85. The van der Waals surface area contributed by atoms with Crippen molar-refractivity contribution in [2.75, 3.05) is 13.7 Å². The van der Waals surface area contributed by atoms with Gasteiger partial charge >= 0.3 is 5.97 Å². The van der Waals surface area contributed by atoms with Crippen LogP contribution in [0.1, 0.15) is 4.88 Å². The summed E-state index contributed by atoms with van der Waals surface area (Å²) in [6.45, 7) is 0.874. The number of hydrogen-bond acceptors (Lipinski definition) is 4. The minimum atomic E-state index is -0.261. The molecule has 1 rings (SSSR count). The molecule has 0 bridgehead atoms. The Bertz CT molecular complexity index is 287. The van der Waals surface area contributed by atoms with Gasteiger partial charge in [0, 0.05) is 16.8 Å². The van der Waals surface area contributed by atoms with Crippen molar-refractivity contribution in [3.8, 4) is 0 Å². The highest BCUT2D eigenvalue weighted by molar-refractivity contribution is 7.10. The van der Waals surface area contributed by atoms with Crippen LogP contribution < -0.4 is 5.32 Å². The van der Waals surface area contributed by atoms with Crippen LogP contribution in [0.15, 0.2) is 11.4 Å². The highest BCUT2D eigenvalue weighted by Gasteiger charge is 2.00. The van der Waals surface area contributed by atoms with Gasteiger partial charge in [-0.15, -0.1) is 11.3 Å².